The molecule has 2 unspecified atom stereocenters. The van der Waals surface area contributed by atoms with Gasteiger partial charge in [-0.1, -0.05) is 48.0 Å². The van der Waals surface area contributed by atoms with Crippen LogP contribution in [0.4, 0.5) is 4.39 Å². The lowest BCUT2D eigenvalue weighted by molar-refractivity contribution is -0.130. The van der Waals surface area contributed by atoms with E-state index in [4.69, 9.17) is 11.6 Å². The maximum atomic E-state index is 13.8. The summed E-state index contributed by atoms with van der Waals surface area (Å²) in [6, 6.07) is 12.2. The fourth-order valence-electron chi connectivity index (χ4n) is 2.08. The highest BCUT2D eigenvalue weighted by atomic mass is 35.5. The Hall–Kier alpha value is -1.91. The number of amides is 1. The lowest BCUT2D eigenvalue weighted by Gasteiger charge is -2.19. The highest BCUT2D eigenvalue weighted by Crippen LogP contribution is 2.26. The van der Waals surface area contributed by atoms with E-state index in [1.165, 1.54) is 12.1 Å². The van der Waals surface area contributed by atoms with Crippen molar-refractivity contribution in [2.45, 2.75) is 19.1 Å². The van der Waals surface area contributed by atoms with Crippen molar-refractivity contribution in [1.82, 2.24) is 5.32 Å². The van der Waals surface area contributed by atoms with Crippen LogP contribution >= 0.6 is 11.6 Å². The van der Waals surface area contributed by atoms with Crippen molar-refractivity contribution < 1.29 is 14.3 Å². The first-order valence-electron chi connectivity index (χ1n) is 6.48. The minimum absolute atomic E-state index is 0.202. The zero-order valence-corrected chi connectivity index (χ0v) is 12.1. The number of aliphatic hydroxyl groups is 1. The van der Waals surface area contributed by atoms with E-state index in [2.05, 4.69) is 5.32 Å². The summed E-state index contributed by atoms with van der Waals surface area (Å²) < 4.78 is 13.8. The molecular weight excluding hydrogens is 293 g/mol. The zero-order valence-electron chi connectivity index (χ0n) is 11.4. The van der Waals surface area contributed by atoms with E-state index < -0.39 is 23.9 Å². The van der Waals surface area contributed by atoms with E-state index in [1.807, 2.05) is 0 Å². The van der Waals surface area contributed by atoms with Crippen molar-refractivity contribution >= 4 is 17.5 Å². The molecule has 0 aliphatic rings. The van der Waals surface area contributed by atoms with E-state index in [0.29, 0.717) is 5.56 Å². The molecule has 2 aromatic rings. The molecule has 2 rings (SSSR count). The number of rotatable bonds is 4. The van der Waals surface area contributed by atoms with Crippen LogP contribution in [0.1, 0.15) is 30.2 Å². The number of carbonyl (C=O) groups excluding carboxylic acids is 1. The fraction of sp³-hybridized carbons (Fsp3) is 0.188. The molecule has 5 heteroatoms. The Morgan fingerprint density at radius 2 is 1.86 bits per heavy atom. The Balaban J connectivity index is 2.12. The van der Waals surface area contributed by atoms with Gasteiger partial charge in [0.25, 0.3) is 5.91 Å². The highest BCUT2D eigenvalue weighted by molar-refractivity contribution is 6.31. The molecule has 2 N–H and O–H groups in total. The molecule has 3 nitrogen and oxygen atoms in total. The number of hydrogen-bond donors (Lipinski definition) is 2. The standard InChI is InChI=1S/C16H15ClFNO2/c1-10(14-12(17)8-5-9-13(14)18)19-16(21)15(20)11-6-3-2-4-7-11/h2-10,15,20H,1H3,(H,19,21). The van der Waals surface area contributed by atoms with Gasteiger partial charge in [0.2, 0.25) is 0 Å². The van der Waals surface area contributed by atoms with Gasteiger partial charge in [-0.3, -0.25) is 4.79 Å². The topological polar surface area (TPSA) is 49.3 Å². The van der Waals surface area contributed by atoms with Crippen molar-refractivity contribution in [3.8, 4) is 0 Å². The third kappa shape index (κ3) is 3.60. The summed E-state index contributed by atoms with van der Waals surface area (Å²) in [6.45, 7) is 1.61. The van der Waals surface area contributed by atoms with E-state index in [-0.39, 0.29) is 10.6 Å². The first-order chi connectivity index (χ1) is 10.0. The molecule has 0 saturated carbocycles. The van der Waals surface area contributed by atoms with E-state index in [9.17, 15) is 14.3 Å². The van der Waals surface area contributed by atoms with Crippen LogP contribution in [0.25, 0.3) is 0 Å². The maximum Gasteiger partial charge on any atom is 0.253 e. The van der Waals surface area contributed by atoms with Crippen LogP contribution in [0.3, 0.4) is 0 Å². The highest BCUT2D eigenvalue weighted by Gasteiger charge is 2.22. The average molecular weight is 308 g/mol. The number of benzene rings is 2. The quantitative estimate of drug-likeness (QED) is 0.909. The van der Waals surface area contributed by atoms with Gasteiger partial charge in [-0.05, 0) is 24.6 Å². The summed E-state index contributed by atoms with van der Waals surface area (Å²) in [5, 5.41) is 12.8. The van der Waals surface area contributed by atoms with Gasteiger partial charge in [0, 0.05) is 10.6 Å². The predicted molar refractivity (Wildman–Crippen MR) is 79.4 cm³/mol. The lowest BCUT2D eigenvalue weighted by Crippen LogP contribution is -2.32. The van der Waals surface area contributed by atoms with Crippen LogP contribution in [-0.4, -0.2) is 11.0 Å². The first kappa shape index (κ1) is 15.5. The number of aliphatic hydroxyl groups excluding tert-OH is 1. The first-order valence-corrected chi connectivity index (χ1v) is 6.86. The fourth-order valence-corrected chi connectivity index (χ4v) is 2.40. The molecule has 0 spiro atoms. The van der Waals surface area contributed by atoms with E-state index in [0.717, 1.165) is 0 Å². The van der Waals surface area contributed by atoms with Crippen molar-refractivity contribution in [1.29, 1.82) is 0 Å². The summed E-state index contributed by atoms with van der Waals surface area (Å²) in [7, 11) is 0. The Morgan fingerprint density at radius 1 is 1.19 bits per heavy atom. The Kier molecular flexibility index (Phi) is 4.94. The van der Waals surface area contributed by atoms with Gasteiger partial charge in [-0.2, -0.15) is 0 Å². The zero-order chi connectivity index (χ0) is 15.4. The smallest absolute Gasteiger partial charge is 0.253 e. The second-order valence-corrected chi connectivity index (χ2v) is 5.09. The van der Waals surface area contributed by atoms with E-state index >= 15 is 0 Å². The van der Waals surface area contributed by atoms with Gasteiger partial charge in [0.15, 0.2) is 6.10 Å². The van der Waals surface area contributed by atoms with Gasteiger partial charge in [0.05, 0.1) is 6.04 Å². The van der Waals surface area contributed by atoms with Crippen molar-refractivity contribution in [2.75, 3.05) is 0 Å². The molecule has 0 fully saturated rings. The lowest BCUT2D eigenvalue weighted by atomic mass is 10.1. The monoisotopic (exact) mass is 307 g/mol. The molecule has 110 valence electrons. The number of halogens is 2. The molecule has 0 aliphatic carbocycles. The van der Waals surface area contributed by atoms with Gasteiger partial charge in [-0.15, -0.1) is 0 Å². The van der Waals surface area contributed by atoms with Crippen LogP contribution in [0, 0.1) is 5.82 Å². The van der Waals surface area contributed by atoms with Crippen LogP contribution in [0.5, 0.6) is 0 Å². The molecule has 1 amide bonds. The Bertz CT molecular complexity index is 613. The molecule has 0 heterocycles. The molecule has 0 saturated heterocycles. The second-order valence-electron chi connectivity index (χ2n) is 4.68. The molecule has 2 atom stereocenters. The summed E-state index contributed by atoms with van der Waals surface area (Å²) in [5.74, 6) is -1.10. The largest absolute Gasteiger partial charge is 0.378 e. The molecule has 0 bridgehead atoms. The molecule has 0 aliphatic heterocycles. The summed E-state index contributed by atoms with van der Waals surface area (Å²) in [5.41, 5.74) is 0.676. The Morgan fingerprint density at radius 3 is 2.48 bits per heavy atom. The van der Waals surface area contributed by atoms with Crippen LogP contribution in [0.15, 0.2) is 48.5 Å². The summed E-state index contributed by atoms with van der Waals surface area (Å²) >= 11 is 5.95. The van der Waals surface area contributed by atoms with Gasteiger partial charge < -0.3 is 10.4 Å². The van der Waals surface area contributed by atoms with Crippen LogP contribution < -0.4 is 5.32 Å². The molecule has 2 aromatic carbocycles. The number of hydrogen-bond acceptors (Lipinski definition) is 2. The average Bonchev–Trinajstić information content (AvgIpc) is 2.47. The molecular formula is C16H15ClFNO2. The minimum Gasteiger partial charge on any atom is -0.378 e. The minimum atomic E-state index is -1.31. The molecule has 0 radical (unpaired) electrons. The molecule has 0 aromatic heterocycles. The molecule has 21 heavy (non-hydrogen) atoms. The number of carbonyl (C=O) groups is 1. The maximum absolute atomic E-state index is 13.8. The van der Waals surface area contributed by atoms with Gasteiger partial charge >= 0.3 is 0 Å². The van der Waals surface area contributed by atoms with E-state index in [1.54, 1.807) is 43.3 Å². The predicted octanol–water partition coefficient (Wildman–Crippen LogP) is 3.39. The van der Waals surface area contributed by atoms with Gasteiger partial charge in [-0.25, -0.2) is 4.39 Å². The summed E-state index contributed by atoms with van der Waals surface area (Å²) in [4.78, 5) is 12.0. The second kappa shape index (κ2) is 6.70. The van der Waals surface area contributed by atoms with Crippen molar-refractivity contribution in [2.24, 2.45) is 0 Å². The SMILES string of the molecule is CC(NC(=O)C(O)c1ccccc1)c1c(F)cccc1Cl. The van der Waals surface area contributed by atoms with Crippen molar-refractivity contribution in [3.05, 3.63) is 70.5 Å². The summed E-state index contributed by atoms with van der Waals surface area (Å²) in [6.07, 6.45) is -1.31. The van der Waals surface area contributed by atoms with Crippen LogP contribution in [0.2, 0.25) is 5.02 Å². The van der Waals surface area contributed by atoms with Crippen molar-refractivity contribution in [3.63, 3.8) is 0 Å². The third-order valence-electron chi connectivity index (χ3n) is 3.16. The third-order valence-corrected chi connectivity index (χ3v) is 3.48. The normalized spacial score (nSPS) is 13.5. The Labute approximate surface area is 127 Å². The number of nitrogens with one attached hydrogen (secondary N) is 1. The van der Waals surface area contributed by atoms with Gasteiger partial charge in [0.1, 0.15) is 5.82 Å². The van der Waals surface area contributed by atoms with Crippen LogP contribution in [-0.2, 0) is 4.79 Å².